The second kappa shape index (κ2) is 7.49. The molecular weight excluding hydrogens is 241 g/mol. The van der Waals surface area contributed by atoms with Crippen LogP contribution in [-0.2, 0) is 6.54 Å². The Hall–Kier alpha value is -1.09. The van der Waals surface area contributed by atoms with Crippen LogP contribution >= 0.6 is 0 Å². The van der Waals surface area contributed by atoms with Gasteiger partial charge in [0, 0.05) is 12.6 Å². The Balaban J connectivity index is 1.99. The number of ether oxygens (including phenoxy) is 1. The van der Waals surface area contributed by atoms with Crippen molar-refractivity contribution in [1.29, 1.82) is 0 Å². The average molecular weight is 265 g/mol. The minimum Gasteiger partial charge on any atom is -0.490 e. The summed E-state index contributed by atoms with van der Waals surface area (Å²) in [6.45, 7) is 3.62. The molecule has 0 radical (unpaired) electrons. The molecule has 0 aliphatic heterocycles. The summed E-state index contributed by atoms with van der Waals surface area (Å²) in [7, 11) is 0. The highest BCUT2D eigenvalue weighted by Crippen LogP contribution is 2.24. The van der Waals surface area contributed by atoms with Gasteiger partial charge in [0.25, 0.3) is 0 Å². The zero-order valence-electron chi connectivity index (χ0n) is 11.8. The maximum absolute atomic E-state index is 13.6. The Morgan fingerprint density at radius 2 is 1.89 bits per heavy atom. The van der Waals surface area contributed by atoms with Crippen LogP contribution in [0.25, 0.3) is 0 Å². The summed E-state index contributed by atoms with van der Waals surface area (Å²) >= 11 is 0. The van der Waals surface area contributed by atoms with Gasteiger partial charge in [0.15, 0.2) is 0 Å². The molecule has 0 aromatic heterocycles. The number of hydrogen-bond acceptors (Lipinski definition) is 2. The van der Waals surface area contributed by atoms with E-state index >= 15 is 0 Å². The van der Waals surface area contributed by atoms with Crippen molar-refractivity contribution in [3.8, 4) is 5.75 Å². The van der Waals surface area contributed by atoms with E-state index in [0.29, 0.717) is 12.3 Å². The molecule has 0 atom stereocenters. The Morgan fingerprint density at radius 3 is 2.58 bits per heavy atom. The van der Waals surface area contributed by atoms with Gasteiger partial charge in [-0.2, -0.15) is 0 Å². The van der Waals surface area contributed by atoms with E-state index in [-0.39, 0.29) is 11.9 Å². The molecule has 0 amide bonds. The molecule has 1 aromatic carbocycles. The van der Waals surface area contributed by atoms with Crippen molar-refractivity contribution in [2.45, 2.75) is 58.1 Å². The van der Waals surface area contributed by atoms with Crippen LogP contribution in [0.15, 0.2) is 18.2 Å². The summed E-state index contributed by atoms with van der Waals surface area (Å²) in [6.07, 6.45) is 7.51. The third-order valence-electron chi connectivity index (χ3n) is 3.62. The molecule has 1 N–H and O–H groups in total. The van der Waals surface area contributed by atoms with Crippen LogP contribution in [0.3, 0.4) is 0 Å². The molecule has 1 fully saturated rings. The van der Waals surface area contributed by atoms with Crippen LogP contribution in [0.4, 0.5) is 4.39 Å². The lowest BCUT2D eigenvalue weighted by atomic mass is 10.1. The minimum absolute atomic E-state index is 0.209. The van der Waals surface area contributed by atoms with Gasteiger partial charge < -0.3 is 10.1 Å². The molecule has 1 saturated carbocycles. The quantitative estimate of drug-likeness (QED) is 0.811. The minimum atomic E-state index is -0.209. The van der Waals surface area contributed by atoms with E-state index in [2.05, 4.69) is 5.32 Å². The molecule has 0 spiro atoms. The molecule has 19 heavy (non-hydrogen) atoms. The lowest BCUT2D eigenvalue weighted by Crippen LogP contribution is -2.16. The van der Waals surface area contributed by atoms with Gasteiger partial charge in [0.2, 0.25) is 0 Å². The van der Waals surface area contributed by atoms with Gasteiger partial charge in [0.05, 0.1) is 6.10 Å². The second-order valence-corrected chi connectivity index (χ2v) is 5.31. The van der Waals surface area contributed by atoms with E-state index in [4.69, 9.17) is 4.74 Å². The van der Waals surface area contributed by atoms with Crippen molar-refractivity contribution in [1.82, 2.24) is 5.32 Å². The molecular formula is C16H24FNO. The highest BCUT2D eigenvalue weighted by molar-refractivity contribution is 5.29. The van der Waals surface area contributed by atoms with Crippen LogP contribution < -0.4 is 10.1 Å². The lowest BCUT2D eigenvalue weighted by molar-refractivity contribution is 0.183. The summed E-state index contributed by atoms with van der Waals surface area (Å²) in [4.78, 5) is 0. The van der Waals surface area contributed by atoms with Crippen molar-refractivity contribution in [2.75, 3.05) is 6.54 Å². The van der Waals surface area contributed by atoms with E-state index in [1.165, 1.54) is 31.7 Å². The van der Waals surface area contributed by atoms with Crippen molar-refractivity contribution < 1.29 is 9.13 Å². The van der Waals surface area contributed by atoms with Crippen LogP contribution in [0.5, 0.6) is 5.75 Å². The van der Waals surface area contributed by atoms with E-state index < -0.39 is 0 Å². The Labute approximate surface area is 115 Å². The first-order chi connectivity index (χ1) is 9.28. The van der Waals surface area contributed by atoms with Crippen molar-refractivity contribution >= 4 is 0 Å². The lowest BCUT2D eigenvalue weighted by Gasteiger charge is -2.17. The molecule has 1 aliphatic carbocycles. The van der Waals surface area contributed by atoms with Crippen molar-refractivity contribution in [3.63, 3.8) is 0 Å². The highest BCUT2D eigenvalue weighted by atomic mass is 19.1. The first kappa shape index (κ1) is 14.3. The Bertz CT molecular complexity index is 386. The fourth-order valence-corrected chi connectivity index (χ4v) is 2.61. The van der Waals surface area contributed by atoms with Crippen molar-refractivity contribution in [3.05, 3.63) is 29.6 Å². The van der Waals surface area contributed by atoms with Gasteiger partial charge in [-0.1, -0.05) is 19.8 Å². The summed E-state index contributed by atoms with van der Waals surface area (Å²) < 4.78 is 19.6. The molecule has 1 aromatic rings. The van der Waals surface area contributed by atoms with Gasteiger partial charge in [-0.15, -0.1) is 0 Å². The molecule has 0 heterocycles. The number of nitrogens with one attached hydrogen (secondary N) is 1. The Morgan fingerprint density at radius 1 is 1.16 bits per heavy atom. The molecule has 106 valence electrons. The summed E-state index contributed by atoms with van der Waals surface area (Å²) in [6, 6.07) is 5.03. The second-order valence-electron chi connectivity index (χ2n) is 5.31. The van der Waals surface area contributed by atoms with E-state index in [0.717, 1.165) is 24.9 Å². The first-order valence-corrected chi connectivity index (χ1v) is 7.45. The van der Waals surface area contributed by atoms with Gasteiger partial charge >= 0.3 is 0 Å². The van der Waals surface area contributed by atoms with Gasteiger partial charge in [-0.3, -0.25) is 0 Å². The molecule has 1 aliphatic rings. The maximum Gasteiger partial charge on any atom is 0.127 e. The average Bonchev–Trinajstić information content (AvgIpc) is 2.64. The predicted octanol–water partition coefficient (Wildman–Crippen LogP) is 4.04. The predicted molar refractivity (Wildman–Crippen MR) is 75.9 cm³/mol. The molecule has 0 unspecified atom stereocenters. The van der Waals surface area contributed by atoms with Gasteiger partial charge in [0.1, 0.15) is 11.6 Å². The monoisotopic (exact) mass is 265 g/mol. The fraction of sp³-hybridized carbons (Fsp3) is 0.625. The highest BCUT2D eigenvalue weighted by Gasteiger charge is 2.14. The van der Waals surface area contributed by atoms with Crippen LogP contribution in [0.2, 0.25) is 0 Å². The molecule has 2 rings (SSSR count). The zero-order valence-corrected chi connectivity index (χ0v) is 11.8. The van der Waals surface area contributed by atoms with Gasteiger partial charge in [-0.05, 0) is 49.9 Å². The number of halogens is 1. The van der Waals surface area contributed by atoms with Crippen molar-refractivity contribution in [2.24, 2.45) is 0 Å². The fourth-order valence-electron chi connectivity index (χ4n) is 2.61. The smallest absolute Gasteiger partial charge is 0.127 e. The maximum atomic E-state index is 13.6. The molecule has 3 heteroatoms. The SMILES string of the molecule is CCNCc1cc(F)cc(OC2CCCCCC2)c1. The molecule has 0 bridgehead atoms. The Kier molecular flexibility index (Phi) is 5.64. The molecule has 0 saturated heterocycles. The number of hydrogen-bond donors (Lipinski definition) is 1. The zero-order chi connectivity index (χ0) is 13.5. The van der Waals surface area contributed by atoms with E-state index in [1.807, 2.05) is 13.0 Å². The normalized spacial score (nSPS) is 17.2. The van der Waals surface area contributed by atoms with E-state index in [1.54, 1.807) is 6.07 Å². The first-order valence-electron chi connectivity index (χ1n) is 7.45. The molecule has 2 nitrogen and oxygen atoms in total. The van der Waals surface area contributed by atoms with Crippen LogP contribution in [-0.4, -0.2) is 12.6 Å². The largest absolute Gasteiger partial charge is 0.490 e. The third kappa shape index (κ3) is 4.83. The van der Waals surface area contributed by atoms with Gasteiger partial charge in [-0.25, -0.2) is 4.39 Å². The number of rotatable bonds is 5. The summed E-state index contributed by atoms with van der Waals surface area (Å²) in [5.41, 5.74) is 0.950. The third-order valence-corrected chi connectivity index (χ3v) is 3.62. The van der Waals surface area contributed by atoms with E-state index in [9.17, 15) is 4.39 Å². The number of benzene rings is 1. The summed E-state index contributed by atoms with van der Waals surface area (Å²) in [5, 5.41) is 3.21. The topological polar surface area (TPSA) is 21.3 Å². The standard InChI is InChI=1S/C16H24FNO/c1-2-18-12-13-9-14(17)11-16(10-13)19-15-7-5-3-4-6-8-15/h9-11,15,18H,2-8,12H2,1H3. The summed E-state index contributed by atoms with van der Waals surface area (Å²) in [5.74, 6) is 0.471. The van der Waals surface area contributed by atoms with Crippen LogP contribution in [0.1, 0.15) is 51.0 Å². The van der Waals surface area contributed by atoms with Crippen LogP contribution in [0, 0.1) is 5.82 Å².